The summed E-state index contributed by atoms with van der Waals surface area (Å²) in [5.74, 6) is -0.987. The van der Waals surface area contributed by atoms with E-state index in [0.29, 0.717) is 10.6 Å². The third-order valence-corrected chi connectivity index (χ3v) is 9.02. The number of alkyl halides is 3. The number of aliphatic imine (C=N–C) groups is 1. The van der Waals surface area contributed by atoms with Crippen molar-refractivity contribution < 1.29 is 26.4 Å². The Bertz CT molecular complexity index is 1220. The predicted molar refractivity (Wildman–Crippen MR) is 120 cm³/mol. The number of halogens is 5. The maximum atomic E-state index is 13.3. The summed E-state index contributed by atoms with van der Waals surface area (Å²) in [5.41, 5.74) is -0.422. The van der Waals surface area contributed by atoms with E-state index >= 15 is 0 Å². The van der Waals surface area contributed by atoms with Crippen LogP contribution < -0.4 is 4.90 Å². The maximum absolute atomic E-state index is 13.3. The molecular weight excluding hydrogens is 508 g/mol. The second-order valence-electron chi connectivity index (χ2n) is 7.39. The minimum Gasteiger partial charge on any atom is -0.314 e. The number of carbonyl (C=O) groups is 1. The first-order valence-corrected chi connectivity index (χ1v) is 12.8. The van der Waals surface area contributed by atoms with Gasteiger partial charge in [0.05, 0.1) is 40.2 Å². The molecule has 5 nitrogen and oxygen atoms in total. The topological polar surface area (TPSA) is 66.8 Å². The Morgan fingerprint density at radius 1 is 1.12 bits per heavy atom. The molecule has 0 aliphatic carbocycles. The third-order valence-electron chi connectivity index (χ3n) is 5.12. The molecular formula is C20H15Cl2F3N2O3S2. The number of carbonyl (C=O) groups excluding carboxylic acids is 1. The van der Waals surface area contributed by atoms with Crippen molar-refractivity contribution in [3.63, 3.8) is 0 Å². The highest BCUT2D eigenvalue weighted by atomic mass is 35.5. The van der Waals surface area contributed by atoms with Crippen LogP contribution in [-0.4, -0.2) is 42.3 Å². The SMILES string of the molecule is O=C(Cc1ccccc1Cl)N=C1SC2CS(=O)(=O)CC2N1c1cc(C(F)(F)F)ccc1Cl. The van der Waals surface area contributed by atoms with Gasteiger partial charge < -0.3 is 4.90 Å². The molecule has 1 amide bonds. The van der Waals surface area contributed by atoms with Crippen LogP contribution in [0.25, 0.3) is 0 Å². The minimum absolute atomic E-state index is 0.00481. The summed E-state index contributed by atoms with van der Waals surface area (Å²) in [4.78, 5) is 18.1. The first-order valence-electron chi connectivity index (χ1n) is 9.32. The molecule has 2 unspecified atom stereocenters. The zero-order valence-electron chi connectivity index (χ0n) is 16.1. The molecule has 2 fully saturated rings. The minimum atomic E-state index is -4.62. The van der Waals surface area contributed by atoms with E-state index in [-0.39, 0.29) is 33.8 Å². The van der Waals surface area contributed by atoms with Crippen molar-refractivity contribution >= 4 is 61.6 Å². The number of sulfone groups is 1. The van der Waals surface area contributed by atoms with Crippen LogP contribution in [0.5, 0.6) is 0 Å². The quantitative estimate of drug-likeness (QED) is 0.576. The highest BCUT2D eigenvalue weighted by molar-refractivity contribution is 8.16. The number of amidine groups is 1. The van der Waals surface area contributed by atoms with E-state index in [4.69, 9.17) is 23.2 Å². The van der Waals surface area contributed by atoms with Crippen molar-refractivity contribution in [3.8, 4) is 0 Å². The van der Waals surface area contributed by atoms with Crippen LogP contribution in [0.15, 0.2) is 47.5 Å². The van der Waals surface area contributed by atoms with Crippen LogP contribution in [0.3, 0.4) is 0 Å². The summed E-state index contributed by atoms with van der Waals surface area (Å²) in [5, 5.41) is 0.0290. The number of amides is 1. The zero-order chi connectivity index (χ0) is 23.3. The first-order chi connectivity index (χ1) is 14.9. The van der Waals surface area contributed by atoms with Crippen molar-refractivity contribution in [2.24, 2.45) is 4.99 Å². The van der Waals surface area contributed by atoms with Gasteiger partial charge in [-0.3, -0.25) is 4.79 Å². The Morgan fingerprint density at radius 3 is 2.53 bits per heavy atom. The highest BCUT2D eigenvalue weighted by Gasteiger charge is 2.50. The van der Waals surface area contributed by atoms with E-state index in [1.165, 1.54) is 4.90 Å². The molecule has 2 atom stereocenters. The average Bonchev–Trinajstić information content (AvgIpc) is 3.14. The number of nitrogens with zero attached hydrogens (tertiary/aromatic N) is 2. The van der Waals surface area contributed by atoms with Crippen LogP contribution in [0.1, 0.15) is 11.1 Å². The number of benzene rings is 2. The predicted octanol–water partition coefficient (Wildman–Crippen LogP) is 4.86. The lowest BCUT2D eigenvalue weighted by Gasteiger charge is -2.26. The van der Waals surface area contributed by atoms with Gasteiger partial charge in [-0.2, -0.15) is 18.2 Å². The second kappa shape index (κ2) is 8.55. The molecule has 2 aromatic carbocycles. The van der Waals surface area contributed by atoms with Gasteiger partial charge in [0.1, 0.15) is 0 Å². The van der Waals surface area contributed by atoms with E-state index in [2.05, 4.69) is 4.99 Å². The number of rotatable bonds is 3. The summed E-state index contributed by atoms with van der Waals surface area (Å²) in [6.45, 7) is 0. The smallest absolute Gasteiger partial charge is 0.314 e. The first kappa shape index (κ1) is 23.4. The maximum Gasteiger partial charge on any atom is 0.416 e. The van der Waals surface area contributed by atoms with Crippen LogP contribution in [0.4, 0.5) is 18.9 Å². The van der Waals surface area contributed by atoms with Gasteiger partial charge in [0.2, 0.25) is 0 Å². The van der Waals surface area contributed by atoms with Crippen molar-refractivity contribution in [3.05, 3.63) is 63.6 Å². The summed E-state index contributed by atoms with van der Waals surface area (Å²) in [6.07, 6.45) is -4.73. The Balaban J connectivity index is 1.73. The Hall–Kier alpha value is -1.75. The van der Waals surface area contributed by atoms with Crippen molar-refractivity contribution in [1.82, 2.24) is 0 Å². The van der Waals surface area contributed by atoms with Gasteiger partial charge in [0.15, 0.2) is 15.0 Å². The summed E-state index contributed by atoms with van der Waals surface area (Å²) in [6, 6.07) is 8.85. The number of hydrogen-bond acceptors (Lipinski definition) is 4. The molecule has 2 saturated heterocycles. The molecule has 2 heterocycles. The molecule has 0 saturated carbocycles. The summed E-state index contributed by atoms with van der Waals surface area (Å²) < 4.78 is 64.2. The van der Waals surface area contributed by atoms with Gasteiger partial charge in [-0.05, 0) is 29.8 Å². The molecule has 2 aliphatic rings. The second-order valence-corrected chi connectivity index (χ2v) is 11.6. The van der Waals surface area contributed by atoms with Crippen LogP contribution in [0.2, 0.25) is 10.0 Å². The van der Waals surface area contributed by atoms with Crippen LogP contribution in [0, 0.1) is 0 Å². The molecule has 2 aromatic rings. The van der Waals surface area contributed by atoms with E-state index in [9.17, 15) is 26.4 Å². The summed E-state index contributed by atoms with van der Waals surface area (Å²) in [7, 11) is -3.39. The Kier molecular flexibility index (Phi) is 6.26. The van der Waals surface area contributed by atoms with Gasteiger partial charge in [-0.1, -0.05) is 53.2 Å². The molecule has 2 aliphatic heterocycles. The van der Waals surface area contributed by atoms with E-state index in [1.807, 2.05) is 0 Å². The zero-order valence-corrected chi connectivity index (χ0v) is 19.3. The standard InChI is InChI=1S/C20H15Cl2F3N2O3S2/c21-13-4-2-1-3-11(13)7-18(28)26-19-27(16-9-32(29,30)10-17(16)31-19)15-8-12(20(23,24)25)5-6-14(15)22/h1-6,8,16-17H,7,9-10H2. The number of anilines is 1. The highest BCUT2D eigenvalue weighted by Crippen LogP contribution is 2.44. The Morgan fingerprint density at radius 2 is 1.84 bits per heavy atom. The van der Waals surface area contributed by atoms with Gasteiger partial charge in [-0.25, -0.2) is 8.42 Å². The van der Waals surface area contributed by atoms with Crippen molar-refractivity contribution in [1.29, 1.82) is 0 Å². The number of fused-ring (bicyclic) bond motifs is 1. The lowest BCUT2D eigenvalue weighted by molar-refractivity contribution is -0.137. The van der Waals surface area contributed by atoms with Gasteiger partial charge in [-0.15, -0.1) is 0 Å². The fourth-order valence-electron chi connectivity index (χ4n) is 3.67. The largest absolute Gasteiger partial charge is 0.416 e. The van der Waals surface area contributed by atoms with Gasteiger partial charge in [0.25, 0.3) is 5.91 Å². The molecule has 170 valence electrons. The van der Waals surface area contributed by atoms with Crippen LogP contribution >= 0.6 is 35.0 Å². The fraction of sp³-hybridized carbons (Fsp3) is 0.300. The fourth-order valence-corrected chi connectivity index (χ4v) is 8.01. The molecule has 0 N–H and O–H groups in total. The molecule has 32 heavy (non-hydrogen) atoms. The van der Waals surface area contributed by atoms with Crippen molar-refractivity contribution in [2.75, 3.05) is 16.4 Å². The average molecular weight is 523 g/mol. The number of hydrogen-bond donors (Lipinski definition) is 0. The van der Waals surface area contributed by atoms with E-state index in [0.717, 1.165) is 30.0 Å². The van der Waals surface area contributed by atoms with Gasteiger partial charge in [0, 0.05) is 10.3 Å². The van der Waals surface area contributed by atoms with Gasteiger partial charge >= 0.3 is 6.18 Å². The number of thioether (sulfide) groups is 1. The van der Waals surface area contributed by atoms with E-state index in [1.54, 1.807) is 24.3 Å². The van der Waals surface area contributed by atoms with Crippen LogP contribution in [-0.2, 0) is 27.2 Å². The molecule has 0 aromatic heterocycles. The monoisotopic (exact) mass is 522 g/mol. The lowest BCUT2D eigenvalue weighted by atomic mass is 10.1. The third kappa shape index (κ3) is 4.78. The van der Waals surface area contributed by atoms with E-state index < -0.39 is 38.8 Å². The molecule has 12 heteroatoms. The Labute approximate surface area is 196 Å². The lowest BCUT2D eigenvalue weighted by Crippen LogP contribution is -2.38. The summed E-state index contributed by atoms with van der Waals surface area (Å²) >= 11 is 13.4. The molecule has 0 bridgehead atoms. The molecule has 4 rings (SSSR count). The molecule has 0 spiro atoms. The normalized spacial score (nSPS) is 23.5. The molecule has 0 radical (unpaired) electrons. The van der Waals surface area contributed by atoms with Crippen molar-refractivity contribution in [2.45, 2.75) is 23.9 Å².